The second-order valence-corrected chi connectivity index (χ2v) is 6.09. The van der Waals surface area contributed by atoms with Gasteiger partial charge in [0.05, 0.1) is 27.3 Å². The maximum Gasteiger partial charge on any atom is 0.229 e. The Bertz CT molecular complexity index is 639. The van der Waals surface area contributed by atoms with Gasteiger partial charge in [-0.1, -0.05) is 17.7 Å². The van der Waals surface area contributed by atoms with Crippen molar-refractivity contribution in [3.05, 3.63) is 45.7 Å². The molecule has 0 aliphatic carbocycles. The Morgan fingerprint density at radius 2 is 2.15 bits per heavy atom. The van der Waals surface area contributed by atoms with Crippen LogP contribution in [0.25, 0.3) is 5.69 Å². The molecule has 1 atom stereocenters. The first-order valence-electron chi connectivity index (χ1n) is 6.11. The number of hydrogen-bond acceptors (Lipinski definition) is 2. The van der Waals surface area contributed by atoms with Crippen LogP contribution >= 0.6 is 27.5 Å². The van der Waals surface area contributed by atoms with E-state index in [1.165, 1.54) is 0 Å². The number of aromatic nitrogens is 2. The molecule has 0 aliphatic heterocycles. The number of benzene rings is 1. The second-order valence-electron chi connectivity index (χ2n) is 4.77. The number of halogens is 2. The molecule has 2 rings (SSSR count). The average Bonchev–Trinajstić information content (AvgIpc) is 2.83. The first-order valence-corrected chi connectivity index (χ1v) is 7.28. The van der Waals surface area contributed by atoms with Gasteiger partial charge in [0, 0.05) is 20.3 Å². The third-order valence-corrected chi connectivity index (χ3v) is 3.79. The van der Waals surface area contributed by atoms with Gasteiger partial charge in [0.25, 0.3) is 0 Å². The molecule has 1 unspecified atom stereocenters. The molecule has 0 N–H and O–H groups in total. The normalized spacial score (nSPS) is 12.2. The van der Waals surface area contributed by atoms with Crippen LogP contribution in [-0.4, -0.2) is 34.7 Å². The van der Waals surface area contributed by atoms with Gasteiger partial charge in [-0.05, 0) is 40.5 Å². The Labute approximate surface area is 131 Å². The van der Waals surface area contributed by atoms with Crippen molar-refractivity contribution in [2.24, 2.45) is 0 Å². The van der Waals surface area contributed by atoms with Crippen LogP contribution in [0.3, 0.4) is 0 Å². The van der Waals surface area contributed by atoms with E-state index in [0.717, 1.165) is 15.7 Å². The SMILES string of the molecule is CC(C(=O)N(C)C)c1ccc(-n2cc(Br)cn2)c(Cl)c1. The number of amides is 1. The number of rotatable bonds is 3. The van der Waals surface area contributed by atoms with Gasteiger partial charge >= 0.3 is 0 Å². The number of nitrogens with zero attached hydrogens (tertiary/aromatic N) is 3. The van der Waals surface area contributed by atoms with Gasteiger partial charge in [-0.2, -0.15) is 5.10 Å². The maximum absolute atomic E-state index is 12.0. The fourth-order valence-electron chi connectivity index (χ4n) is 1.94. The van der Waals surface area contributed by atoms with Crippen LogP contribution in [0.1, 0.15) is 18.4 Å². The van der Waals surface area contributed by atoms with Crippen molar-refractivity contribution in [2.75, 3.05) is 14.1 Å². The molecule has 0 saturated carbocycles. The quantitative estimate of drug-likeness (QED) is 0.844. The zero-order chi connectivity index (χ0) is 14.9. The van der Waals surface area contributed by atoms with E-state index >= 15 is 0 Å². The summed E-state index contributed by atoms with van der Waals surface area (Å²) in [5.74, 6) is -0.170. The fourth-order valence-corrected chi connectivity index (χ4v) is 2.50. The smallest absolute Gasteiger partial charge is 0.229 e. The largest absolute Gasteiger partial charge is 0.348 e. The molecule has 1 aromatic carbocycles. The van der Waals surface area contributed by atoms with Crippen LogP contribution in [0.15, 0.2) is 35.1 Å². The van der Waals surface area contributed by atoms with E-state index in [2.05, 4.69) is 21.0 Å². The Balaban J connectivity index is 2.33. The van der Waals surface area contributed by atoms with Crippen LogP contribution in [0.5, 0.6) is 0 Å². The Morgan fingerprint density at radius 3 is 2.65 bits per heavy atom. The van der Waals surface area contributed by atoms with Crippen LogP contribution in [0.4, 0.5) is 0 Å². The van der Waals surface area contributed by atoms with Gasteiger partial charge in [0.2, 0.25) is 5.91 Å². The average molecular weight is 357 g/mol. The second kappa shape index (κ2) is 5.97. The minimum absolute atomic E-state index is 0.0515. The molecule has 106 valence electrons. The Kier molecular flexibility index (Phi) is 4.50. The van der Waals surface area contributed by atoms with Crippen molar-refractivity contribution < 1.29 is 4.79 Å². The summed E-state index contributed by atoms with van der Waals surface area (Å²) in [5, 5.41) is 4.76. The molecule has 0 saturated heterocycles. The summed E-state index contributed by atoms with van der Waals surface area (Å²) in [6.45, 7) is 1.87. The molecule has 0 spiro atoms. The fraction of sp³-hybridized carbons (Fsp3) is 0.286. The third kappa shape index (κ3) is 3.04. The van der Waals surface area contributed by atoms with Crippen molar-refractivity contribution in [3.63, 3.8) is 0 Å². The summed E-state index contributed by atoms with van der Waals surface area (Å²) in [6, 6.07) is 5.60. The Morgan fingerprint density at radius 1 is 1.45 bits per heavy atom. The topological polar surface area (TPSA) is 38.1 Å². The summed E-state index contributed by atoms with van der Waals surface area (Å²) < 4.78 is 2.57. The van der Waals surface area contributed by atoms with Crippen LogP contribution in [0.2, 0.25) is 5.02 Å². The van der Waals surface area contributed by atoms with E-state index in [1.807, 2.05) is 31.3 Å². The molecule has 6 heteroatoms. The summed E-state index contributed by atoms with van der Waals surface area (Å²) >= 11 is 9.65. The van der Waals surface area contributed by atoms with Gasteiger partial charge in [0.15, 0.2) is 0 Å². The number of carbonyl (C=O) groups excluding carboxylic acids is 1. The monoisotopic (exact) mass is 355 g/mol. The predicted octanol–water partition coefficient (Wildman–Crippen LogP) is 3.48. The van der Waals surface area contributed by atoms with Gasteiger partial charge in [-0.15, -0.1) is 0 Å². The van der Waals surface area contributed by atoms with Gasteiger partial charge < -0.3 is 4.90 Å². The summed E-state index contributed by atoms with van der Waals surface area (Å²) in [5.41, 5.74) is 1.68. The lowest BCUT2D eigenvalue weighted by molar-refractivity contribution is -0.129. The minimum atomic E-state index is -0.221. The number of carbonyl (C=O) groups is 1. The lowest BCUT2D eigenvalue weighted by Crippen LogP contribution is -2.26. The number of hydrogen-bond donors (Lipinski definition) is 0. The van der Waals surface area contributed by atoms with Crippen molar-refractivity contribution in [1.29, 1.82) is 0 Å². The van der Waals surface area contributed by atoms with Gasteiger partial charge in [-0.3, -0.25) is 4.79 Å². The van der Waals surface area contributed by atoms with Crippen LogP contribution < -0.4 is 0 Å². The third-order valence-electron chi connectivity index (χ3n) is 3.08. The molecule has 0 bridgehead atoms. The van der Waals surface area contributed by atoms with Crippen LogP contribution in [-0.2, 0) is 4.79 Å². The van der Waals surface area contributed by atoms with E-state index < -0.39 is 0 Å². The highest BCUT2D eigenvalue weighted by atomic mass is 79.9. The van der Waals surface area contributed by atoms with Crippen molar-refractivity contribution >= 4 is 33.4 Å². The highest BCUT2D eigenvalue weighted by Crippen LogP contribution is 2.27. The van der Waals surface area contributed by atoms with E-state index in [9.17, 15) is 4.79 Å². The maximum atomic E-state index is 12.0. The molecule has 0 aliphatic rings. The summed E-state index contributed by atoms with van der Waals surface area (Å²) in [6.07, 6.45) is 3.53. The molecule has 0 fully saturated rings. The van der Waals surface area contributed by atoms with Crippen molar-refractivity contribution in [2.45, 2.75) is 12.8 Å². The molecule has 0 radical (unpaired) electrons. The zero-order valence-corrected chi connectivity index (χ0v) is 13.8. The standard InChI is InChI=1S/C14H15BrClN3O/c1-9(14(20)18(2)3)10-4-5-13(12(16)6-10)19-8-11(15)7-17-19/h4-9H,1-3H3. The van der Waals surface area contributed by atoms with Crippen molar-refractivity contribution in [3.8, 4) is 5.69 Å². The van der Waals surface area contributed by atoms with Crippen molar-refractivity contribution in [1.82, 2.24) is 14.7 Å². The molecular formula is C14H15BrClN3O. The molecule has 4 nitrogen and oxygen atoms in total. The molecular weight excluding hydrogens is 342 g/mol. The predicted molar refractivity (Wildman–Crippen MR) is 83.4 cm³/mol. The molecule has 20 heavy (non-hydrogen) atoms. The number of likely N-dealkylation sites (N-methyl/N-ethyl adjacent to an activating group) is 1. The van der Waals surface area contributed by atoms with Gasteiger partial charge in [0.1, 0.15) is 0 Å². The van der Waals surface area contributed by atoms with Gasteiger partial charge in [-0.25, -0.2) is 4.68 Å². The lowest BCUT2D eigenvalue weighted by atomic mass is 9.99. The van der Waals surface area contributed by atoms with E-state index in [4.69, 9.17) is 11.6 Å². The van der Waals surface area contributed by atoms with E-state index in [1.54, 1.807) is 29.9 Å². The molecule has 2 aromatic rings. The highest BCUT2D eigenvalue weighted by Gasteiger charge is 2.18. The minimum Gasteiger partial charge on any atom is -0.348 e. The highest BCUT2D eigenvalue weighted by molar-refractivity contribution is 9.10. The first-order chi connectivity index (χ1) is 9.40. The zero-order valence-electron chi connectivity index (χ0n) is 11.5. The lowest BCUT2D eigenvalue weighted by Gasteiger charge is -2.17. The first kappa shape index (κ1) is 15.1. The summed E-state index contributed by atoms with van der Waals surface area (Å²) in [7, 11) is 3.49. The molecule has 1 aromatic heterocycles. The summed E-state index contributed by atoms with van der Waals surface area (Å²) in [4.78, 5) is 13.6. The van der Waals surface area contributed by atoms with Crippen LogP contribution in [0, 0.1) is 0 Å². The van der Waals surface area contributed by atoms with E-state index in [-0.39, 0.29) is 11.8 Å². The van der Waals surface area contributed by atoms with E-state index in [0.29, 0.717) is 5.02 Å². The molecule has 1 heterocycles. The Hall–Kier alpha value is -1.33. The molecule has 1 amide bonds.